The summed E-state index contributed by atoms with van der Waals surface area (Å²) in [5.41, 5.74) is 6.17. The Labute approximate surface area is 148 Å². The van der Waals surface area contributed by atoms with Crippen LogP contribution in [0.1, 0.15) is 11.3 Å². The number of carbonyl (C=O) groups excluding carboxylic acids is 2. The fraction of sp³-hybridized carbons (Fsp3) is 0.235. The van der Waals surface area contributed by atoms with E-state index in [1.54, 1.807) is 11.3 Å². The predicted octanol–water partition coefficient (Wildman–Crippen LogP) is 1.67. The van der Waals surface area contributed by atoms with Crippen molar-refractivity contribution in [2.45, 2.75) is 18.9 Å². The molecule has 1 unspecified atom stereocenters. The molecule has 1 atom stereocenters. The largest absolute Gasteiger partial charge is 0.368 e. The first-order chi connectivity index (χ1) is 12.0. The third kappa shape index (κ3) is 4.03. The highest BCUT2D eigenvalue weighted by Crippen LogP contribution is 2.24. The van der Waals surface area contributed by atoms with Crippen LogP contribution in [0, 0.1) is 5.82 Å². The molecule has 0 spiro atoms. The van der Waals surface area contributed by atoms with Crippen LogP contribution in [-0.2, 0) is 16.0 Å². The number of hydrazone groups is 1. The van der Waals surface area contributed by atoms with Gasteiger partial charge in [0, 0.05) is 17.8 Å². The van der Waals surface area contributed by atoms with Crippen LogP contribution in [0.3, 0.4) is 0 Å². The number of anilines is 1. The highest BCUT2D eigenvalue weighted by Gasteiger charge is 2.34. The highest BCUT2D eigenvalue weighted by molar-refractivity contribution is 7.09. The maximum Gasteiger partial charge on any atom is 0.267 e. The maximum atomic E-state index is 13.1. The van der Waals surface area contributed by atoms with Crippen molar-refractivity contribution in [1.29, 1.82) is 0 Å². The molecule has 0 saturated heterocycles. The monoisotopic (exact) mass is 360 g/mol. The van der Waals surface area contributed by atoms with Gasteiger partial charge in [-0.2, -0.15) is 5.10 Å². The Balaban J connectivity index is 1.68. The number of thiophene rings is 1. The van der Waals surface area contributed by atoms with Gasteiger partial charge in [-0.25, -0.2) is 4.39 Å². The summed E-state index contributed by atoms with van der Waals surface area (Å²) >= 11 is 1.63. The number of halogens is 1. The first-order valence-electron chi connectivity index (χ1n) is 7.77. The molecule has 1 aromatic heterocycles. The van der Waals surface area contributed by atoms with Gasteiger partial charge < -0.3 is 11.1 Å². The molecule has 0 aliphatic carbocycles. The van der Waals surface area contributed by atoms with Crippen LogP contribution in [0.15, 0.2) is 46.9 Å². The molecular formula is C17H17FN4O2S. The number of nitrogens with two attached hydrogens (primary N) is 1. The van der Waals surface area contributed by atoms with Crippen LogP contribution in [-0.4, -0.2) is 30.1 Å². The molecule has 6 nitrogen and oxygen atoms in total. The summed E-state index contributed by atoms with van der Waals surface area (Å²) in [6.45, 7) is 0.482. The van der Waals surface area contributed by atoms with E-state index in [2.05, 4.69) is 10.4 Å². The van der Waals surface area contributed by atoms with Crippen molar-refractivity contribution in [3.63, 3.8) is 0 Å². The molecule has 0 bridgehead atoms. The molecule has 8 heteroatoms. The van der Waals surface area contributed by atoms with Gasteiger partial charge in [-0.15, -0.1) is 11.3 Å². The fourth-order valence-electron chi connectivity index (χ4n) is 2.56. The minimum atomic E-state index is -0.761. The van der Waals surface area contributed by atoms with E-state index >= 15 is 0 Å². The lowest BCUT2D eigenvalue weighted by molar-refractivity contribution is -0.119. The van der Waals surface area contributed by atoms with Gasteiger partial charge in [0.05, 0.1) is 5.69 Å². The Hall–Kier alpha value is -2.74. The average molecular weight is 360 g/mol. The van der Waals surface area contributed by atoms with Crippen molar-refractivity contribution < 1.29 is 14.0 Å². The molecule has 2 aromatic rings. The number of hydrogen-bond acceptors (Lipinski definition) is 5. The van der Waals surface area contributed by atoms with Gasteiger partial charge in [-0.3, -0.25) is 14.6 Å². The Morgan fingerprint density at radius 1 is 1.32 bits per heavy atom. The molecule has 0 radical (unpaired) electrons. The molecule has 1 aliphatic heterocycles. The Bertz CT molecular complexity index is 789. The normalized spacial score (nSPS) is 16.6. The van der Waals surface area contributed by atoms with E-state index in [9.17, 15) is 14.0 Å². The number of benzene rings is 1. The standard InChI is InChI=1S/C17H17FN4O2S/c18-11-3-5-12(6-4-11)22-15(16(19)23)10-14(21-22)17(24)20-8-7-13-2-1-9-25-13/h1-6,9,15H,7-8,10H2,(H2,19,23)(H,20,24). The number of amides is 2. The van der Waals surface area contributed by atoms with Crippen molar-refractivity contribution in [3.8, 4) is 0 Å². The second kappa shape index (κ2) is 7.43. The SMILES string of the molecule is NC(=O)C1CC(C(=O)NCCc2cccs2)=NN1c1ccc(F)cc1. The van der Waals surface area contributed by atoms with Crippen molar-refractivity contribution in [1.82, 2.24) is 5.32 Å². The number of nitrogens with one attached hydrogen (secondary N) is 1. The van der Waals surface area contributed by atoms with Crippen LogP contribution in [0.5, 0.6) is 0 Å². The molecule has 2 amide bonds. The molecule has 2 heterocycles. The zero-order valence-corrected chi connectivity index (χ0v) is 14.1. The number of carbonyl (C=O) groups is 2. The zero-order chi connectivity index (χ0) is 17.8. The van der Waals surface area contributed by atoms with Gasteiger partial charge in [-0.05, 0) is 42.1 Å². The molecule has 0 fully saturated rings. The predicted molar refractivity (Wildman–Crippen MR) is 94.9 cm³/mol. The smallest absolute Gasteiger partial charge is 0.267 e. The second-order valence-corrected chi connectivity index (χ2v) is 6.61. The third-order valence-corrected chi connectivity index (χ3v) is 4.77. The van der Waals surface area contributed by atoms with Crippen LogP contribution in [0.2, 0.25) is 0 Å². The highest BCUT2D eigenvalue weighted by atomic mass is 32.1. The van der Waals surface area contributed by atoms with E-state index in [1.807, 2.05) is 17.5 Å². The zero-order valence-electron chi connectivity index (χ0n) is 13.3. The van der Waals surface area contributed by atoms with Crippen molar-refractivity contribution in [3.05, 3.63) is 52.5 Å². The maximum absolute atomic E-state index is 13.1. The van der Waals surface area contributed by atoms with Crippen LogP contribution in [0.25, 0.3) is 0 Å². The number of rotatable bonds is 6. The van der Waals surface area contributed by atoms with E-state index in [0.29, 0.717) is 12.2 Å². The van der Waals surface area contributed by atoms with Gasteiger partial charge in [0.15, 0.2) is 0 Å². The molecule has 3 N–H and O–H groups in total. The minimum Gasteiger partial charge on any atom is -0.368 e. The molecular weight excluding hydrogens is 343 g/mol. The topological polar surface area (TPSA) is 87.8 Å². The second-order valence-electron chi connectivity index (χ2n) is 5.58. The van der Waals surface area contributed by atoms with E-state index in [0.717, 1.165) is 6.42 Å². The minimum absolute atomic E-state index is 0.123. The van der Waals surface area contributed by atoms with Crippen molar-refractivity contribution in [2.24, 2.45) is 10.8 Å². The molecule has 1 aliphatic rings. The summed E-state index contributed by atoms with van der Waals surface area (Å²) in [6.07, 6.45) is 0.856. The fourth-order valence-corrected chi connectivity index (χ4v) is 3.27. The number of hydrogen-bond donors (Lipinski definition) is 2. The van der Waals surface area contributed by atoms with Gasteiger partial charge in [-0.1, -0.05) is 6.07 Å². The van der Waals surface area contributed by atoms with Crippen molar-refractivity contribution in [2.75, 3.05) is 11.6 Å². The Morgan fingerprint density at radius 3 is 2.72 bits per heavy atom. The third-order valence-electron chi connectivity index (χ3n) is 3.83. The molecule has 25 heavy (non-hydrogen) atoms. The van der Waals surface area contributed by atoms with Gasteiger partial charge in [0.2, 0.25) is 5.91 Å². The number of nitrogens with zero attached hydrogens (tertiary/aromatic N) is 2. The van der Waals surface area contributed by atoms with E-state index in [4.69, 9.17) is 5.73 Å². The molecule has 1 aromatic carbocycles. The van der Waals surface area contributed by atoms with Gasteiger partial charge in [0.25, 0.3) is 5.91 Å². The Morgan fingerprint density at radius 2 is 2.08 bits per heavy atom. The molecule has 0 saturated carbocycles. The first-order valence-corrected chi connectivity index (χ1v) is 8.65. The summed E-state index contributed by atoms with van der Waals surface area (Å²) in [6, 6.07) is 8.72. The van der Waals surface area contributed by atoms with Gasteiger partial charge >= 0.3 is 0 Å². The summed E-state index contributed by atoms with van der Waals surface area (Å²) in [5, 5.41) is 10.4. The first kappa shape index (κ1) is 17.1. The lowest BCUT2D eigenvalue weighted by Gasteiger charge is -2.20. The molecule has 3 rings (SSSR count). The molecule has 130 valence electrons. The average Bonchev–Trinajstić information content (AvgIpc) is 3.25. The quantitative estimate of drug-likeness (QED) is 0.821. The lowest BCUT2D eigenvalue weighted by Crippen LogP contribution is -2.40. The van der Waals surface area contributed by atoms with Crippen LogP contribution >= 0.6 is 11.3 Å². The van der Waals surface area contributed by atoms with E-state index in [1.165, 1.54) is 34.2 Å². The number of primary amides is 1. The van der Waals surface area contributed by atoms with Crippen LogP contribution < -0.4 is 16.1 Å². The van der Waals surface area contributed by atoms with Crippen LogP contribution in [0.4, 0.5) is 10.1 Å². The summed E-state index contributed by atoms with van der Waals surface area (Å²) in [5.74, 6) is -1.31. The summed E-state index contributed by atoms with van der Waals surface area (Å²) in [7, 11) is 0. The summed E-state index contributed by atoms with van der Waals surface area (Å²) < 4.78 is 13.1. The van der Waals surface area contributed by atoms with E-state index < -0.39 is 17.8 Å². The Kier molecular flexibility index (Phi) is 5.08. The lowest BCUT2D eigenvalue weighted by atomic mass is 10.1. The summed E-state index contributed by atoms with van der Waals surface area (Å²) in [4.78, 5) is 25.2. The van der Waals surface area contributed by atoms with E-state index in [-0.39, 0.29) is 18.0 Å². The van der Waals surface area contributed by atoms with Gasteiger partial charge in [0.1, 0.15) is 17.6 Å². The van der Waals surface area contributed by atoms with Crippen molar-refractivity contribution >= 4 is 34.6 Å².